The summed E-state index contributed by atoms with van der Waals surface area (Å²) in [7, 11) is 0. The molecule has 120 valence electrons. The molecule has 2 aromatic rings. The molecule has 22 heavy (non-hydrogen) atoms. The smallest absolute Gasteiger partial charge is 0.320 e. The van der Waals surface area contributed by atoms with Crippen molar-refractivity contribution in [2.75, 3.05) is 0 Å². The van der Waals surface area contributed by atoms with E-state index in [9.17, 15) is 9.90 Å². The zero-order valence-electron chi connectivity index (χ0n) is 13.3. The van der Waals surface area contributed by atoms with Crippen LogP contribution in [0.3, 0.4) is 0 Å². The van der Waals surface area contributed by atoms with Crippen LogP contribution in [0.2, 0.25) is 0 Å². The quantitative estimate of drug-likeness (QED) is 0.665. The number of benzene rings is 1. The Morgan fingerprint density at radius 2 is 2.14 bits per heavy atom. The van der Waals surface area contributed by atoms with Gasteiger partial charge in [-0.1, -0.05) is 38.0 Å². The number of carboxylic acids is 1. The van der Waals surface area contributed by atoms with Crippen molar-refractivity contribution in [3.8, 4) is 0 Å². The molecule has 0 saturated heterocycles. The predicted molar refractivity (Wildman–Crippen MR) is 88.0 cm³/mol. The maximum absolute atomic E-state index is 11.3. The van der Waals surface area contributed by atoms with E-state index in [-0.39, 0.29) is 6.04 Å². The highest BCUT2D eigenvalue weighted by Crippen LogP contribution is 2.17. The molecular weight excluding hydrogens is 278 g/mol. The summed E-state index contributed by atoms with van der Waals surface area (Å²) >= 11 is 0. The third kappa shape index (κ3) is 4.31. The van der Waals surface area contributed by atoms with Crippen molar-refractivity contribution in [1.82, 2.24) is 15.5 Å². The van der Waals surface area contributed by atoms with Gasteiger partial charge in [0, 0.05) is 17.1 Å². The molecule has 5 nitrogen and oxygen atoms in total. The SMILES string of the molecule is CCCC[C@H](NC(C)CCc1[nH]nc2ccccc12)C(=O)O. The van der Waals surface area contributed by atoms with Gasteiger partial charge in [0.2, 0.25) is 0 Å². The molecule has 0 spiro atoms. The maximum Gasteiger partial charge on any atom is 0.320 e. The van der Waals surface area contributed by atoms with Gasteiger partial charge < -0.3 is 10.4 Å². The molecule has 1 aromatic carbocycles. The molecule has 1 unspecified atom stereocenters. The molecule has 0 aliphatic heterocycles. The third-order valence-electron chi connectivity index (χ3n) is 4.00. The molecule has 3 N–H and O–H groups in total. The number of hydrogen-bond acceptors (Lipinski definition) is 3. The molecule has 2 atom stereocenters. The summed E-state index contributed by atoms with van der Waals surface area (Å²) in [6, 6.07) is 7.74. The number of carboxylic acid groups (broad SMARTS) is 1. The number of nitrogens with one attached hydrogen (secondary N) is 2. The largest absolute Gasteiger partial charge is 0.480 e. The highest BCUT2D eigenvalue weighted by molar-refractivity contribution is 5.81. The Hall–Kier alpha value is -1.88. The molecule has 0 radical (unpaired) electrons. The predicted octanol–water partition coefficient (Wildman–Crippen LogP) is 3.12. The monoisotopic (exact) mass is 303 g/mol. The van der Waals surface area contributed by atoms with E-state index in [1.165, 1.54) is 0 Å². The zero-order valence-corrected chi connectivity index (χ0v) is 13.3. The molecule has 0 fully saturated rings. The second-order valence-corrected chi connectivity index (χ2v) is 5.86. The zero-order chi connectivity index (χ0) is 15.9. The number of aromatic amines is 1. The van der Waals surface area contributed by atoms with Crippen LogP contribution in [0, 0.1) is 0 Å². The lowest BCUT2D eigenvalue weighted by Gasteiger charge is -2.19. The summed E-state index contributed by atoms with van der Waals surface area (Å²) < 4.78 is 0. The summed E-state index contributed by atoms with van der Waals surface area (Å²) in [5.74, 6) is -0.757. The van der Waals surface area contributed by atoms with Gasteiger partial charge in [-0.05, 0) is 32.3 Å². The van der Waals surface area contributed by atoms with Crippen LogP contribution in [0.1, 0.15) is 45.2 Å². The molecule has 0 aliphatic rings. The molecule has 1 heterocycles. The van der Waals surface area contributed by atoms with Gasteiger partial charge in [-0.25, -0.2) is 0 Å². The molecule has 0 amide bonds. The molecule has 0 aliphatic carbocycles. The number of hydrogen-bond donors (Lipinski definition) is 3. The molecule has 2 rings (SSSR count). The van der Waals surface area contributed by atoms with Gasteiger partial charge in [0.15, 0.2) is 0 Å². The topological polar surface area (TPSA) is 78.0 Å². The highest BCUT2D eigenvalue weighted by atomic mass is 16.4. The van der Waals surface area contributed by atoms with E-state index < -0.39 is 12.0 Å². The normalized spacial score (nSPS) is 14.1. The van der Waals surface area contributed by atoms with Crippen LogP contribution in [0.15, 0.2) is 24.3 Å². The molecule has 0 bridgehead atoms. The fourth-order valence-electron chi connectivity index (χ4n) is 2.68. The fourth-order valence-corrected chi connectivity index (χ4v) is 2.68. The van der Waals surface area contributed by atoms with E-state index in [1.807, 2.05) is 25.1 Å². The summed E-state index contributed by atoms with van der Waals surface area (Å²) in [5.41, 5.74) is 2.09. The summed E-state index contributed by atoms with van der Waals surface area (Å²) in [5, 5.41) is 21.0. The molecular formula is C17H25N3O2. The number of aryl methyl sites for hydroxylation is 1. The summed E-state index contributed by atoms with van der Waals surface area (Å²) in [4.78, 5) is 11.3. The third-order valence-corrected chi connectivity index (χ3v) is 4.00. The Bertz CT molecular complexity index is 609. The maximum atomic E-state index is 11.3. The number of fused-ring (bicyclic) bond motifs is 1. The van der Waals surface area contributed by atoms with E-state index in [0.717, 1.165) is 42.3 Å². The van der Waals surface area contributed by atoms with Crippen LogP contribution in [0.5, 0.6) is 0 Å². The van der Waals surface area contributed by atoms with Crippen LogP contribution >= 0.6 is 0 Å². The number of para-hydroxylation sites is 1. The van der Waals surface area contributed by atoms with Crippen LogP contribution < -0.4 is 5.32 Å². The number of aromatic nitrogens is 2. The number of nitrogens with zero attached hydrogens (tertiary/aromatic N) is 1. The van der Waals surface area contributed by atoms with E-state index >= 15 is 0 Å². The summed E-state index contributed by atoms with van der Waals surface area (Å²) in [6.07, 6.45) is 4.36. The van der Waals surface area contributed by atoms with Gasteiger partial charge in [0.05, 0.1) is 5.52 Å². The van der Waals surface area contributed by atoms with Gasteiger partial charge in [-0.2, -0.15) is 5.10 Å². The average molecular weight is 303 g/mol. The second kappa shape index (κ2) is 7.94. The fraction of sp³-hybridized carbons (Fsp3) is 0.529. The van der Waals surface area contributed by atoms with Crippen LogP contribution in [0.25, 0.3) is 10.9 Å². The highest BCUT2D eigenvalue weighted by Gasteiger charge is 2.19. The van der Waals surface area contributed by atoms with Gasteiger partial charge >= 0.3 is 5.97 Å². The Morgan fingerprint density at radius 1 is 1.36 bits per heavy atom. The molecule has 5 heteroatoms. The Kier molecular flexibility index (Phi) is 5.95. The first-order chi connectivity index (χ1) is 10.6. The number of unbranched alkanes of at least 4 members (excludes halogenated alkanes) is 1. The number of rotatable bonds is 9. The van der Waals surface area contributed by atoms with E-state index in [2.05, 4.69) is 28.5 Å². The van der Waals surface area contributed by atoms with Crippen molar-refractivity contribution < 1.29 is 9.90 Å². The van der Waals surface area contributed by atoms with Crippen LogP contribution in [0.4, 0.5) is 0 Å². The number of H-pyrrole nitrogens is 1. The lowest BCUT2D eigenvalue weighted by molar-refractivity contribution is -0.139. The first-order valence-electron chi connectivity index (χ1n) is 8.02. The van der Waals surface area contributed by atoms with Crippen molar-refractivity contribution >= 4 is 16.9 Å². The van der Waals surface area contributed by atoms with Crippen molar-refractivity contribution in [2.24, 2.45) is 0 Å². The lowest BCUT2D eigenvalue weighted by atomic mass is 10.1. The molecule has 0 saturated carbocycles. The number of carbonyl (C=O) groups is 1. The van der Waals surface area contributed by atoms with E-state index in [4.69, 9.17) is 0 Å². The second-order valence-electron chi connectivity index (χ2n) is 5.86. The van der Waals surface area contributed by atoms with Gasteiger partial charge in [0.25, 0.3) is 0 Å². The van der Waals surface area contributed by atoms with Crippen molar-refractivity contribution in [3.05, 3.63) is 30.0 Å². The van der Waals surface area contributed by atoms with Gasteiger partial charge in [0.1, 0.15) is 6.04 Å². The molecule has 1 aromatic heterocycles. The van der Waals surface area contributed by atoms with Gasteiger partial charge in [-0.3, -0.25) is 9.89 Å². The Morgan fingerprint density at radius 3 is 2.86 bits per heavy atom. The van der Waals surface area contributed by atoms with E-state index in [0.29, 0.717) is 6.42 Å². The average Bonchev–Trinajstić information content (AvgIpc) is 2.92. The number of aliphatic carboxylic acids is 1. The van der Waals surface area contributed by atoms with Crippen LogP contribution in [-0.4, -0.2) is 33.4 Å². The first-order valence-corrected chi connectivity index (χ1v) is 8.02. The summed E-state index contributed by atoms with van der Waals surface area (Å²) in [6.45, 7) is 4.12. The minimum Gasteiger partial charge on any atom is -0.480 e. The minimum atomic E-state index is -0.757. The lowest BCUT2D eigenvalue weighted by Crippen LogP contribution is -2.42. The standard InChI is InChI=1S/C17H25N3O2/c1-3-4-8-16(17(21)22)18-12(2)10-11-15-13-7-5-6-9-14(13)19-20-15/h5-7,9,12,16,18H,3-4,8,10-11H2,1-2H3,(H,19,20)(H,21,22)/t12?,16-/m0/s1. The van der Waals surface area contributed by atoms with Crippen LogP contribution in [-0.2, 0) is 11.2 Å². The van der Waals surface area contributed by atoms with E-state index in [1.54, 1.807) is 0 Å². The minimum absolute atomic E-state index is 0.153. The van der Waals surface area contributed by atoms with Gasteiger partial charge in [-0.15, -0.1) is 0 Å². The van der Waals surface area contributed by atoms with Crippen molar-refractivity contribution in [2.45, 2.75) is 58.0 Å². The Labute approximate surface area is 131 Å². The Balaban J connectivity index is 1.89. The van der Waals surface area contributed by atoms with Crippen molar-refractivity contribution in [3.63, 3.8) is 0 Å². The first kappa shape index (κ1) is 16.5. The van der Waals surface area contributed by atoms with Crippen molar-refractivity contribution in [1.29, 1.82) is 0 Å².